The molecule has 2 aromatic rings. The summed E-state index contributed by atoms with van der Waals surface area (Å²) in [5, 5.41) is 15.4. The Bertz CT molecular complexity index is 803. The Morgan fingerprint density at radius 3 is 3.00 bits per heavy atom. The minimum Gasteiger partial charge on any atom is -0.375 e. The number of carbonyl (C=O) groups excluding carboxylic acids is 1. The van der Waals surface area contributed by atoms with E-state index in [1.165, 1.54) is 0 Å². The van der Waals surface area contributed by atoms with Crippen LogP contribution in [0.1, 0.15) is 42.9 Å². The summed E-state index contributed by atoms with van der Waals surface area (Å²) < 4.78 is 8.33. The number of rotatable bonds is 0. The van der Waals surface area contributed by atoms with Crippen molar-refractivity contribution in [1.82, 2.24) is 25.5 Å². The Morgan fingerprint density at radius 1 is 1.39 bits per heavy atom. The van der Waals surface area contributed by atoms with Gasteiger partial charge in [0.05, 0.1) is 16.9 Å². The first-order chi connectivity index (χ1) is 10.9. The highest BCUT2D eigenvalue weighted by molar-refractivity contribution is 9.10. The van der Waals surface area contributed by atoms with Gasteiger partial charge in [0.25, 0.3) is 5.91 Å². The van der Waals surface area contributed by atoms with Crippen LogP contribution in [0.2, 0.25) is 0 Å². The summed E-state index contributed by atoms with van der Waals surface area (Å²) in [6, 6.07) is 5.52. The van der Waals surface area contributed by atoms with E-state index in [-0.39, 0.29) is 11.5 Å². The van der Waals surface area contributed by atoms with Crippen molar-refractivity contribution in [3.8, 4) is 5.69 Å². The fourth-order valence-corrected chi connectivity index (χ4v) is 3.89. The van der Waals surface area contributed by atoms with Crippen molar-refractivity contribution in [1.29, 1.82) is 0 Å². The van der Waals surface area contributed by atoms with Crippen LogP contribution in [0.5, 0.6) is 0 Å². The van der Waals surface area contributed by atoms with Crippen molar-refractivity contribution in [2.45, 2.75) is 37.8 Å². The van der Waals surface area contributed by atoms with Crippen LogP contribution in [-0.2, 0) is 10.3 Å². The molecule has 1 fully saturated rings. The zero-order valence-corrected chi connectivity index (χ0v) is 14.4. The molecule has 0 radical (unpaired) electrons. The van der Waals surface area contributed by atoms with E-state index in [2.05, 4.69) is 36.8 Å². The lowest BCUT2D eigenvalue weighted by atomic mass is 9.80. The van der Waals surface area contributed by atoms with Gasteiger partial charge < -0.3 is 10.1 Å². The Balaban J connectivity index is 1.93. The maximum atomic E-state index is 12.8. The third kappa shape index (κ3) is 2.28. The predicted molar refractivity (Wildman–Crippen MR) is 85.3 cm³/mol. The molecule has 1 saturated heterocycles. The van der Waals surface area contributed by atoms with Gasteiger partial charge in [-0.25, -0.2) is 0 Å². The average molecular weight is 378 g/mol. The lowest BCUT2D eigenvalue weighted by molar-refractivity contribution is -0.0894. The molecule has 120 valence electrons. The van der Waals surface area contributed by atoms with Gasteiger partial charge in [-0.2, -0.15) is 4.68 Å². The van der Waals surface area contributed by atoms with Crippen LogP contribution >= 0.6 is 15.9 Å². The van der Waals surface area contributed by atoms with Gasteiger partial charge in [-0.15, -0.1) is 5.10 Å². The van der Waals surface area contributed by atoms with Crippen molar-refractivity contribution in [2.75, 3.05) is 6.61 Å². The first kappa shape index (κ1) is 14.8. The average Bonchev–Trinajstić information content (AvgIpc) is 2.93. The lowest BCUT2D eigenvalue weighted by Crippen LogP contribution is -2.54. The Hall–Kier alpha value is -1.80. The van der Waals surface area contributed by atoms with Crippen molar-refractivity contribution < 1.29 is 9.53 Å². The zero-order chi connectivity index (χ0) is 16.2. The summed E-state index contributed by atoms with van der Waals surface area (Å²) in [6.07, 6.45) is 1.25. The Kier molecular flexibility index (Phi) is 3.11. The van der Waals surface area contributed by atoms with Gasteiger partial charge >= 0.3 is 0 Å². The number of benzene rings is 1. The molecular weight excluding hydrogens is 362 g/mol. The normalized spacial score (nSPS) is 25.4. The zero-order valence-electron chi connectivity index (χ0n) is 12.8. The van der Waals surface area contributed by atoms with E-state index >= 15 is 0 Å². The standard InChI is InChI=1S/C15H16BrN5O2/c1-14(2)8-15(5-6-23-14)13-18-19-20-21(13)11-4-3-9(16)7-10(11)12(22)17-15/h3-4,7H,5-6,8H2,1-2H3,(H,17,22)/t15-/m0/s1. The number of hydrogen-bond acceptors (Lipinski definition) is 5. The molecule has 1 N–H and O–H groups in total. The van der Waals surface area contributed by atoms with Crippen LogP contribution in [0.3, 0.4) is 0 Å². The molecule has 0 saturated carbocycles. The summed E-state index contributed by atoms with van der Waals surface area (Å²) in [6.45, 7) is 4.58. The second-order valence-corrected chi connectivity index (χ2v) is 7.56. The minimum atomic E-state index is -0.631. The van der Waals surface area contributed by atoms with E-state index in [1.54, 1.807) is 10.7 Å². The summed E-state index contributed by atoms with van der Waals surface area (Å²) >= 11 is 3.42. The molecule has 1 aromatic carbocycles. The largest absolute Gasteiger partial charge is 0.375 e. The number of halogens is 1. The van der Waals surface area contributed by atoms with E-state index in [9.17, 15) is 4.79 Å². The molecule has 1 aromatic heterocycles. The number of carbonyl (C=O) groups is 1. The SMILES string of the molecule is CC1(C)C[C@]2(CCO1)NC(=O)c1cc(Br)ccc1-n1nnnc12. The molecule has 0 aliphatic carbocycles. The molecule has 2 aliphatic heterocycles. The van der Waals surface area contributed by atoms with Gasteiger partial charge in [0, 0.05) is 23.9 Å². The Morgan fingerprint density at radius 2 is 2.22 bits per heavy atom. The molecule has 8 heteroatoms. The molecule has 1 amide bonds. The molecule has 1 atom stereocenters. The summed E-state index contributed by atoms with van der Waals surface area (Å²) in [5.41, 5.74) is 0.244. The van der Waals surface area contributed by atoms with Crippen LogP contribution in [0, 0.1) is 0 Å². The lowest BCUT2D eigenvalue weighted by Gasteiger charge is -2.43. The van der Waals surface area contributed by atoms with Gasteiger partial charge in [-0.05, 0) is 42.5 Å². The van der Waals surface area contributed by atoms with Crippen LogP contribution in [0.25, 0.3) is 5.69 Å². The number of aromatic nitrogens is 4. The number of tetrazole rings is 1. The molecule has 3 heterocycles. The van der Waals surface area contributed by atoms with Gasteiger partial charge in [-0.1, -0.05) is 15.9 Å². The fourth-order valence-electron chi connectivity index (χ4n) is 3.53. The van der Waals surface area contributed by atoms with Crippen molar-refractivity contribution in [3.05, 3.63) is 34.1 Å². The van der Waals surface area contributed by atoms with Crippen LogP contribution in [0.15, 0.2) is 22.7 Å². The first-order valence-corrected chi connectivity index (χ1v) is 8.25. The van der Waals surface area contributed by atoms with Crippen LogP contribution < -0.4 is 5.32 Å². The van der Waals surface area contributed by atoms with E-state index < -0.39 is 5.54 Å². The van der Waals surface area contributed by atoms with E-state index in [0.29, 0.717) is 36.5 Å². The van der Waals surface area contributed by atoms with Crippen molar-refractivity contribution in [2.24, 2.45) is 0 Å². The van der Waals surface area contributed by atoms with Gasteiger partial charge in [0.15, 0.2) is 5.82 Å². The van der Waals surface area contributed by atoms with Gasteiger partial charge in [-0.3, -0.25) is 4.79 Å². The van der Waals surface area contributed by atoms with Crippen molar-refractivity contribution >= 4 is 21.8 Å². The molecule has 23 heavy (non-hydrogen) atoms. The van der Waals surface area contributed by atoms with E-state index in [4.69, 9.17) is 4.74 Å². The van der Waals surface area contributed by atoms with Crippen LogP contribution in [0.4, 0.5) is 0 Å². The number of hydrogen-bond donors (Lipinski definition) is 1. The number of nitrogens with one attached hydrogen (secondary N) is 1. The highest BCUT2D eigenvalue weighted by Crippen LogP contribution is 2.41. The fraction of sp³-hybridized carbons (Fsp3) is 0.467. The highest BCUT2D eigenvalue weighted by Gasteiger charge is 2.48. The third-order valence-electron chi connectivity index (χ3n) is 4.43. The molecule has 2 aliphatic rings. The highest BCUT2D eigenvalue weighted by atomic mass is 79.9. The molecular formula is C15H16BrN5O2. The second kappa shape index (κ2) is 4.85. The summed E-state index contributed by atoms with van der Waals surface area (Å²) in [5.74, 6) is 0.523. The quantitative estimate of drug-likeness (QED) is 0.758. The van der Waals surface area contributed by atoms with Gasteiger partial charge in [0.1, 0.15) is 5.54 Å². The maximum absolute atomic E-state index is 12.8. The molecule has 0 bridgehead atoms. The first-order valence-electron chi connectivity index (χ1n) is 7.46. The van der Waals surface area contributed by atoms with E-state index in [1.807, 2.05) is 26.0 Å². The second-order valence-electron chi connectivity index (χ2n) is 6.65. The Labute approximate surface area is 141 Å². The smallest absolute Gasteiger partial charge is 0.254 e. The summed E-state index contributed by atoms with van der Waals surface area (Å²) in [4.78, 5) is 12.8. The molecule has 7 nitrogen and oxygen atoms in total. The third-order valence-corrected chi connectivity index (χ3v) is 4.92. The minimum absolute atomic E-state index is 0.133. The molecule has 1 spiro atoms. The monoisotopic (exact) mass is 377 g/mol. The van der Waals surface area contributed by atoms with Crippen molar-refractivity contribution in [3.63, 3.8) is 0 Å². The molecule has 4 rings (SSSR count). The van der Waals surface area contributed by atoms with Gasteiger partial charge in [0.2, 0.25) is 0 Å². The van der Waals surface area contributed by atoms with Crippen LogP contribution in [-0.4, -0.2) is 38.3 Å². The molecule has 0 unspecified atom stereocenters. The number of ether oxygens (including phenoxy) is 1. The summed E-state index contributed by atoms with van der Waals surface area (Å²) in [7, 11) is 0. The number of nitrogens with zero attached hydrogens (tertiary/aromatic N) is 4. The van der Waals surface area contributed by atoms with E-state index in [0.717, 1.165) is 4.47 Å². The number of fused-ring (bicyclic) bond motifs is 4. The number of amides is 1. The predicted octanol–water partition coefficient (Wildman–Crippen LogP) is 1.95. The maximum Gasteiger partial charge on any atom is 0.254 e. The topological polar surface area (TPSA) is 81.9 Å².